The van der Waals surface area contributed by atoms with Gasteiger partial charge in [0.2, 0.25) is 0 Å². The van der Waals surface area contributed by atoms with Crippen LogP contribution in [0.25, 0.3) is 0 Å². The first-order valence-electron chi connectivity index (χ1n) is 6.82. The van der Waals surface area contributed by atoms with Crippen LogP contribution in [0.2, 0.25) is 0 Å². The monoisotopic (exact) mass is 283 g/mol. The second kappa shape index (κ2) is 6.42. The lowest BCUT2D eigenvalue weighted by Crippen LogP contribution is -2.32. The first-order valence-corrected chi connectivity index (χ1v) is 8.47. The summed E-state index contributed by atoms with van der Waals surface area (Å²) >= 11 is 0. The maximum Gasteiger partial charge on any atom is 0.156 e. The molecule has 0 radical (unpaired) electrons. The van der Waals surface area contributed by atoms with E-state index in [0.29, 0.717) is 6.54 Å². The zero-order valence-electron chi connectivity index (χ0n) is 12.4. The van der Waals surface area contributed by atoms with Gasteiger partial charge in [0.05, 0.1) is 10.5 Å². The van der Waals surface area contributed by atoms with Gasteiger partial charge in [-0.2, -0.15) is 0 Å². The molecule has 0 atom stereocenters. The highest BCUT2D eigenvalue weighted by Gasteiger charge is 2.28. The van der Waals surface area contributed by atoms with Crippen LogP contribution in [0.15, 0.2) is 24.3 Å². The van der Waals surface area contributed by atoms with Crippen LogP contribution < -0.4 is 5.32 Å². The molecule has 1 N–H and O–H groups in total. The SMILES string of the molecule is CCCc1ccccc1NCCS(=O)(=O)C(C)(C)C. The minimum absolute atomic E-state index is 0.164. The summed E-state index contributed by atoms with van der Waals surface area (Å²) in [5.41, 5.74) is 2.30. The molecule has 0 fully saturated rings. The van der Waals surface area contributed by atoms with Crippen molar-refractivity contribution in [3.05, 3.63) is 29.8 Å². The summed E-state index contributed by atoms with van der Waals surface area (Å²) in [5.74, 6) is 0.164. The number of para-hydroxylation sites is 1. The number of hydrogen-bond donors (Lipinski definition) is 1. The molecule has 0 amide bonds. The third kappa shape index (κ3) is 4.53. The lowest BCUT2D eigenvalue weighted by molar-refractivity contribution is 0.560. The molecule has 1 aromatic carbocycles. The van der Waals surface area contributed by atoms with Crippen molar-refractivity contribution >= 4 is 15.5 Å². The van der Waals surface area contributed by atoms with E-state index in [4.69, 9.17) is 0 Å². The number of benzene rings is 1. The minimum atomic E-state index is -3.06. The molecule has 0 aromatic heterocycles. The second-order valence-electron chi connectivity index (χ2n) is 5.77. The van der Waals surface area contributed by atoms with Crippen LogP contribution in [0.4, 0.5) is 5.69 Å². The summed E-state index contributed by atoms with van der Waals surface area (Å²) in [7, 11) is -3.06. The van der Waals surface area contributed by atoms with E-state index in [0.717, 1.165) is 18.5 Å². The molecule has 0 heterocycles. The maximum atomic E-state index is 12.0. The van der Waals surface area contributed by atoms with E-state index in [1.807, 2.05) is 18.2 Å². The predicted molar refractivity (Wildman–Crippen MR) is 82.5 cm³/mol. The van der Waals surface area contributed by atoms with E-state index in [2.05, 4.69) is 18.3 Å². The molecule has 4 heteroatoms. The fraction of sp³-hybridized carbons (Fsp3) is 0.600. The van der Waals surface area contributed by atoms with Gasteiger partial charge >= 0.3 is 0 Å². The van der Waals surface area contributed by atoms with Gasteiger partial charge in [-0.25, -0.2) is 8.42 Å². The topological polar surface area (TPSA) is 46.2 Å². The number of sulfone groups is 1. The normalized spacial score (nSPS) is 12.4. The summed E-state index contributed by atoms with van der Waals surface area (Å²) in [6, 6.07) is 8.08. The third-order valence-corrected chi connectivity index (χ3v) is 5.76. The van der Waals surface area contributed by atoms with Crippen molar-refractivity contribution in [2.24, 2.45) is 0 Å². The van der Waals surface area contributed by atoms with E-state index in [9.17, 15) is 8.42 Å². The van der Waals surface area contributed by atoms with Crippen LogP contribution in [0.5, 0.6) is 0 Å². The van der Waals surface area contributed by atoms with Crippen molar-refractivity contribution in [1.82, 2.24) is 0 Å². The van der Waals surface area contributed by atoms with Gasteiger partial charge in [0.15, 0.2) is 9.84 Å². The summed E-state index contributed by atoms with van der Waals surface area (Å²) in [6.07, 6.45) is 2.09. The van der Waals surface area contributed by atoms with Crippen LogP contribution in [0.1, 0.15) is 39.7 Å². The quantitative estimate of drug-likeness (QED) is 0.871. The number of hydrogen-bond acceptors (Lipinski definition) is 3. The first-order chi connectivity index (χ1) is 8.78. The maximum absolute atomic E-state index is 12.0. The third-order valence-electron chi connectivity index (χ3n) is 3.16. The molecule has 0 saturated heterocycles. The van der Waals surface area contributed by atoms with Crippen LogP contribution >= 0.6 is 0 Å². The lowest BCUT2D eigenvalue weighted by Gasteiger charge is -2.19. The van der Waals surface area contributed by atoms with Gasteiger partial charge in [-0.15, -0.1) is 0 Å². The van der Waals surface area contributed by atoms with Crippen molar-refractivity contribution < 1.29 is 8.42 Å². The number of anilines is 1. The van der Waals surface area contributed by atoms with Gasteiger partial charge in [-0.1, -0.05) is 31.5 Å². The molecular weight excluding hydrogens is 258 g/mol. The Morgan fingerprint density at radius 1 is 1.16 bits per heavy atom. The van der Waals surface area contributed by atoms with Gasteiger partial charge in [0.1, 0.15) is 0 Å². The van der Waals surface area contributed by atoms with E-state index < -0.39 is 14.6 Å². The summed E-state index contributed by atoms with van der Waals surface area (Å²) in [4.78, 5) is 0. The van der Waals surface area contributed by atoms with Crippen LogP contribution in [0, 0.1) is 0 Å². The Kier molecular flexibility index (Phi) is 5.41. The average molecular weight is 283 g/mol. The second-order valence-corrected chi connectivity index (χ2v) is 8.63. The van der Waals surface area contributed by atoms with Crippen molar-refractivity contribution in [3.8, 4) is 0 Å². The van der Waals surface area contributed by atoms with Gasteiger partial charge in [0, 0.05) is 12.2 Å². The molecule has 0 aliphatic heterocycles. The van der Waals surface area contributed by atoms with E-state index in [-0.39, 0.29) is 5.75 Å². The van der Waals surface area contributed by atoms with Crippen molar-refractivity contribution in [3.63, 3.8) is 0 Å². The Morgan fingerprint density at radius 3 is 2.37 bits per heavy atom. The minimum Gasteiger partial charge on any atom is -0.384 e. The van der Waals surface area contributed by atoms with Gasteiger partial charge < -0.3 is 5.32 Å². The van der Waals surface area contributed by atoms with Crippen molar-refractivity contribution in [2.75, 3.05) is 17.6 Å². The molecule has 0 unspecified atom stereocenters. The van der Waals surface area contributed by atoms with Gasteiger partial charge in [0.25, 0.3) is 0 Å². The van der Waals surface area contributed by atoms with E-state index in [1.54, 1.807) is 20.8 Å². The van der Waals surface area contributed by atoms with E-state index in [1.165, 1.54) is 5.56 Å². The molecule has 3 nitrogen and oxygen atoms in total. The highest BCUT2D eigenvalue weighted by molar-refractivity contribution is 7.92. The van der Waals surface area contributed by atoms with Gasteiger partial charge in [-0.3, -0.25) is 0 Å². The molecular formula is C15H25NO2S. The van der Waals surface area contributed by atoms with Crippen molar-refractivity contribution in [2.45, 2.75) is 45.3 Å². The molecule has 108 valence electrons. The average Bonchev–Trinajstić information content (AvgIpc) is 2.30. The highest BCUT2D eigenvalue weighted by Crippen LogP contribution is 2.18. The number of nitrogens with one attached hydrogen (secondary N) is 1. The van der Waals surface area contributed by atoms with Crippen molar-refractivity contribution in [1.29, 1.82) is 0 Å². The summed E-state index contributed by atoms with van der Waals surface area (Å²) in [6.45, 7) is 7.83. The number of aryl methyl sites for hydroxylation is 1. The fourth-order valence-electron chi connectivity index (χ4n) is 1.81. The predicted octanol–water partition coefficient (Wildman–Crippen LogP) is 3.26. The Morgan fingerprint density at radius 2 is 1.79 bits per heavy atom. The molecule has 1 aromatic rings. The molecule has 19 heavy (non-hydrogen) atoms. The molecule has 0 aliphatic rings. The lowest BCUT2D eigenvalue weighted by atomic mass is 10.1. The van der Waals surface area contributed by atoms with E-state index >= 15 is 0 Å². The number of rotatable bonds is 6. The van der Waals surface area contributed by atoms with Gasteiger partial charge in [-0.05, 0) is 38.8 Å². The summed E-state index contributed by atoms with van der Waals surface area (Å²) < 4.78 is 23.3. The van der Waals surface area contributed by atoms with Crippen LogP contribution in [0.3, 0.4) is 0 Å². The molecule has 0 aliphatic carbocycles. The molecule has 0 spiro atoms. The zero-order valence-corrected chi connectivity index (χ0v) is 13.2. The highest BCUT2D eigenvalue weighted by atomic mass is 32.2. The molecule has 0 saturated carbocycles. The smallest absolute Gasteiger partial charge is 0.156 e. The fourth-order valence-corrected chi connectivity index (χ4v) is 2.79. The standard InChI is InChI=1S/C15H25NO2S/c1-5-8-13-9-6-7-10-14(13)16-11-12-19(17,18)15(2,3)4/h6-7,9-10,16H,5,8,11-12H2,1-4H3. The first kappa shape index (κ1) is 16.0. The zero-order chi connectivity index (χ0) is 14.5. The molecule has 0 bridgehead atoms. The van der Waals surface area contributed by atoms with Crippen LogP contribution in [-0.2, 0) is 16.3 Å². The Labute approximate surface area is 117 Å². The summed E-state index contributed by atoms with van der Waals surface area (Å²) in [5, 5.41) is 3.25. The Hall–Kier alpha value is -1.03. The van der Waals surface area contributed by atoms with Crippen LogP contribution in [-0.4, -0.2) is 25.5 Å². The molecule has 1 rings (SSSR count). The Bertz CT molecular complexity index is 501. The Balaban J connectivity index is 2.64. The largest absolute Gasteiger partial charge is 0.384 e.